The van der Waals surface area contributed by atoms with Crippen LogP contribution in [0.5, 0.6) is 0 Å². The topological polar surface area (TPSA) is 39.7 Å². The first-order valence-electron chi connectivity index (χ1n) is 8.33. The van der Waals surface area contributed by atoms with Crippen LogP contribution in [0.3, 0.4) is 0 Å². The molecule has 4 nitrogen and oxygen atoms in total. The molecule has 1 aliphatic carbocycles. The van der Waals surface area contributed by atoms with Gasteiger partial charge >= 0.3 is 6.18 Å². The summed E-state index contributed by atoms with van der Waals surface area (Å²) in [5.74, 6) is 0.758. The van der Waals surface area contributed by atoms with Crippen LogP contribution in [0.4, 0.5) is 13.2 Å². The van der Waals surface area contributed by atoms with Crippen molar-refractivity contribution in [3.63, 3.8) is 0 Å². The fraction of sp³-hybridized carbons (Fsp3) is 0.933. The van der Waals surface area contributed by atoms with E-state index in [4.69, 9.17) is 0 Å². The Kier molecular flexibility index (Phi) is 8.95. The van der Waals surface area contributed by atoms with E-state index in [1.165, 1.54) is 24.2 Å². The van der Waals surface area contributed by atoms with E-state index < -0.39 is 12.7 Å². The quantitative estimate of drug-likeness (QED) is 0.395. The Morgan fingerprint density at radius 3 is 2.35 bits per heavy atom. The molecule has 1 saturated carbocycles. The van der Waals surface area contributed by atoms with E-state index in [1.807, 2.05) is 6.92 Å². The second-order valence-electron chi connectivity index (χ2n) is 6.28. The minimum Gasteiger partial charge on any atom is -0.354 e. The third kappa shape index (κ3) is 7.91. The van der Waals surface area contributed by atoms with Crippen LogP contribution in [0.25, 0.3) is 0 Å². The molecular formula is C15H28F3IN4. The second-order valence-corrected chi connectivity index (χ2v) is 6.28. The third-order valence-corrected chi connectivity index (χ3v) is 4.28. The number of nitrogens with one attached hydrogen (secondary N) is 2. The zero-order chi connectivity index (χ0) is 16.0. The zero-order valence-electron chi connectivity index (χ0n) is 13.7. The highest BCUT2D eigenvalue weighted by Crippen LogP contribution is 2.20. The summed E-state index contributed by atoms with van der Waals surface area (Å²) in [5, 5.41) is 6.75. The van der Waals surface area contributed by atoms with Gasteiger partial charge in [-0.25, -0.2) is 0 Å². The van der Waals surface area contributed by atoms with E-state index in [0.717, 1.165) is 25.2 Å². The van der Waals surface area contributed by atoms with Crippen LogP contribution in [0.15, 0.2) is 4.99 Å². The van der Waals surface area contributed by atoms with Crippen LogP contribution in [0, 0.1) is 0 Å². The Balaban J connectivity index is 0.00000264. The van der Waals surface area contributed by atoms with Gasteiger partial charge < -0.3 is 10.6 Å². The summed E-state index contributed by atoms with van der Waals surface area (Å²) < 4.78 is 37.3. The zero-order valence-corrected chi connectivity index (χ0v) is 16.0. The summed E-state index contributed by atoms with van der Waals surface area (Å²) in [4.78, 5) is 5.90. The van der Waals surface area contributed by atoms with Gasteiger partial charge in [0.1, 0.15) is 0 Å². The van der Waals surface area contributed by atoms with E-state index in [1.54, 1.807) is 0 Å². The van der Waals surface area contributed by atoms with E-state index in [-0.39, 0.29) is 30.0 Å². The number of hydrogen-bond acceptors (Lipinski definition) is 2. The maximum absolute atomic E-state index is 12.4. The van der Waals surface area contributed by atoms with Crippen molar-refractivity contribution < 1.29 is 13.2 Å². The maximum atomic E-state index is 12.4. The number of nitrogens with zero attached hydrogens (tertiary/aromatic N) is 2. The number of alkyl halides is 3. The SMILES string of the molecule is CCN=C(NC1CCCCC1)NC1CCN(CC(F)(F)F)C1.I. The Hall–Kier alpha value is -0.250. The summed E-state index contributed by atoms with van der Waals surface area (Å²) in [7, 11) is 0. The molecule has 0 bridgehead atoms. The Bertz CT molecular complexity index is 370. The highest BCUT2D eigenvalue weighted by atomic mass is 127. The average molecular weight is 448 g/mol. The van der Waals surface area contributed by atoms with Crippen LogP contribution in [-0.2, 0) is 0 Å². The number of aliphatic imine (C=N–C) groups is 1. The largest absolute Gasteiger partial charge is 0.401 e. The van der Waals surface area contributed by atoms with Gasteiger partial charge in [0.05, 0.1) is 6.54 Å². The normalized spacial score (nSPS) is 24.3. The van der Waals surface area contributed by atoms with Crippen molar-refractivity contribution in [2.45, 2.75) is 63.7 Å². The third-order valence-electron chi connectivity index (χ3n) is 4.28. The molecule has 1 heterocycles. The van der Waals surface area contributed by atoms with Crippen molar-refractivity contribution in [3.8, 4) is 0 Å². The van der Waals surface area contributed by atoms with Crippen LogP contribution in [0.1, 0.15) is 45.4 Å². The lowest BCUT2D eigenvalue weighted by molar-refractivity contribution is -0.143. The van der Waals surface area contributed by atoms with E-state index >= 15 is 0 Å². The second kappa shape index (κ2) is 9.90. The number of halogens is 4. The first kappa shape index (κ1) is 20.8. The molecule has 136 valence electrons. The van der Waals surface area contributed by atoms with Crippen LogP contribution in [0.2, 0.25) is 0 Å². The van der Waals surface area contributed by atoms with Crippen LogP contribution in [-0.4, -0.2) is 55.3 Å². The molecule has 0 aromatic rings. The van der Waals surface area contributed by atoms with Crippen molar-refractivity contribution in [2.24, 2.45) is 4.99 Å². The highest BCUT2D eigenvalue weighted by Gasteiger charge is 2.34. The lowest BCUT2D eigenvalue weighted by atomic mass is 9.96. The minimum absolute atomic E-state index is 0. The standard InChI is InChI=1S/C15H27F3N4.HI/c1-2-19-14(20-12-6-4-3-5-7-12)21-13-8-9-22(10-13)11-15(16,17)18;/h12-13H,2-11H2,1H3,(H2,19,20,21);1H. The molecule has 0 spiro atoms. The minimum atomic E-state index is -4.12. The first-order chi connectivity index (χ1) is 10.5. The predicted octanol–water partition coefficient (Wildman–Crippen LogP) is 3.13. The van der Waals surface area contributed by atoms with Crippen molar-refractivity contribution in [2.75, 3.05) is 26.2 Å². The number of likely N-dealkylation sites (tertiary alicyclic amines) is 1. The fourth-order valence-electron chi connectivity index (χ4n) is 3.27. The smallest absolute Gasteiger partial charge is 0.354 e. The molecule has 2 aliphatic rings. The van der Waals surface area contributed by atoms with Crippen molar-refractivity contribution >= 4 is 29.9 Å². The molecule has 0 amide bonds. The fourth-order valence-corrected chi connectivity index (χ4v) is 3.27. The Labute approximate surface area is 153 Å². The molecule has 1 saturated heterocycles. The van der Waals surface area contributed by atoms with Gasteiger partial charge in [0.25, 0.3) is 0 Å². The molecule has 1 aliphatic heterocycles. The van der Waals surface area contributed by atoms with Gasteiger partial charge in [-0.05, 0) is 26.2 Å². The molecular weight excluding hydrogens is 420 g/mol. The lowest BCUT2D eigenvalue weighted by Crippen LogP contribution is -2.49. The van der Waals surface area contributed by atoms with Crippen LogP contribution >= 0.6 is 24.0 Å². The number of guanidine groups is 1. The van der Waals surface area contributed by atoms with E-state index in [0.29, 0.717) is 25.7 Å². The summed E-state index contributed by atoms with van der Waals surface area (Å²) >= 11 is 0. The van der Waals surface area contributed by atoms with E-state index in [9.17, 15) is 13.2 Å². The Morgan fingerprint density at radius 2 is 1.74 bits per heavy atom. The molecule has 23 heavy (non-hydrogen) atoms. The first-order valence-corrected chi connectivity index (χ1v) is 8.33. The monoisotopic (exact) mass is 448 g/mol. The molecule has 0 aromatic carbocycles. The molecule has 0 radical (unpaired) electrons. The molecule has 2 fully saturated rings. The summed E-state index contributed by atoms with van der Waals surface area (Å²) in [6, 6.07) is 0.489. The number of rotatable bonds is 4. The van der Waals surface area contributed by atoms with Crippen molar-refractivity contribution in [1.82, 2.24) is 15.5 Å². The van der Waals surface area contributed by atoms with Gasteiger partial charge in [-0.3, -0.25) is 9.89 Å². The average Bonchev–Trinajstić information content (AvgIpc) is 2.85. The summed E-state index contributed by atoms with van der Waals surface area (Å²) in [5.41, 5.74) is 0. The van der Waals surface area contributed by atoms with Gasteiger partial charge in [0.15, 0.2) is 5.96 Å². The van der Waals surface area contributed by atoms with Gasteiger partial charge in [-0.15, -0.1) is 24.0 Å². The van der Waals surface area contributed by atoms with Gasteiger partial charge in [-0.2, -0.15) is 13.2 Å². The van der Waals surface area contributed by atoms with Crippen molar-refractivity contribution in [1.29, 1.82) is 0 Å². The Morgan fingerprint density at radius 1 is 1.09 bits per heavy atom. The summed E-state index contributed by atoms with van der Waals surface area (Å²) in [6.45, 7) is 2.73. The predicted molar refractivity (Wildman–Crippen MR) is 97.4 cm³/mol. The molecule has 2 N–H and O–H groups in total. The van der Waals surface area contributed by atoms with Crippen molar-refractivity contribution in [3.05, 3.63) is 0 Å². The number of hydrogen-bond donors (Lipinski definition) is 2. The molecule has 0 aromatic heterocycles. The molecule has 1 unspecified atom stereocenters. The molecule has 1 atom stereocenters. The highest BCUT2D eigenvalue weighted by molar-refractivity contribution is 14.0. The lowest BCUT2D eigenvalue weighted by Gasteiger charge is -2.26. The van der Waals surface area contributed by atoms with E-state index in [2.05, 4.69) is 15.6 Å². The summed E-state index contributed by atoms with van der Waals surface area (Å²) in [6.07, 6.45) is 2.67. The van der Waals surface area contributed by atoms with Gasteiger partial charge in [0, 0.05) is 31.7 Å². The molecule has 2 rings (SSSR count). The molecule has 8 heteroatoms. The maximum Gasteiger partial charge on any atom is 0.401 e. The van der Waals surface area contributed by atoms with Gasteiger partial charge in [0.2, 0.25) is 0 Å². The van der Waals surface area contributed by atoms with Crippen LogP contribution < -0.4 is 10.6 Å². The van der Waals surface area contributed by atoms with Gasteiger partial charge in [-0.1, -0.05) is 19.3 Å².